The predicted molar refractivity (Wildman–Crippen MR) is 57.7 cm³/mol. The number of carboxylic acid groups (broad SMARTS) is 1. The van der Waals surface area contributed by atoms with Gasteiger partial charge in [0.05, 0.1) is 0 Å². The lowest BCUT2D eigenvalue weighted by Crippen LogP contribution is -2.06. The second-order valence-corrected chi connectivity index (χ2v) is 3.55. The summed E-state index contributed by atoms with van der Waals surface area (Å²) in [4.78, 5) is 14.7. The maximum Gasteiger partial charge on any atom is 0.311 e. The Labute approximate surface area is 96.5 Å². The third-order valence-corrected chi connectivity index (χ3v) is 2.26. The van der Waals surface area contributed by atoms with Crippen molar-refractivity contribution >= 4 is 5.97 Å². The molecule has 0 atom stereocenters. The van der Waals surface area contributed by atoms with Crippen molar-refractivity contribution in [1.29, 1.82) is 0 Å². The van der Waals surface area contributed by atoms with Crippen molar-refractivity contribution < 1.29 is 14.3 Å². The van der Waals surface area contributed by atoms with Gasteiger partial charge in [-0.25, -0.2) is 9.37 Å². The van der Waals surface area contributed by atoms with E-state index in [1.54, 1.807) is 19.2 Å². The summed E-state index contributed by atoms with van der Waals surface area (Å²) in [6.45, 7) is 0. The van der Waals surface area contributed by atoms with E-state index >= 15 is 0 Å². The van der Waals surface area contributed by atoms with Crippen LogP contribution in [0.3, 0.4) is 0 Å². The van der Waals surface area contributed by atoms with Gasteiger partial charge in [-0.15, -0.1) is 0 Å². The molecule has 0 spiro atoms. The number of halogens is 1. The number of aryl methyl sites for hydroxylation is 1. The Morgan fingerprint density at radius 3 is 2.65 bits per heavy atom. The Morgan fingerprint density at radius 1 is 1.41 bits per heavy atom. The van der Waals surface area contributed by atoms with Crippen LogP contribution in [0.25, 0.3) is 11.4 Å². The molecule has 1 heterocycles. The van der Waals surface area contributed by atoms with Gasteiger partial charge >= 0.3 is 5.97 Å². The highest BCUT2D eigenvalue weighted by Crippen LogP contribution is 2.15. The summed E-state index contributed by atoms with van der Waals surface area (Å²) in [5, 5.41) is 12.8. The van der Waals surface area contributed by atoms with Crippen LogP contribution in [0.2, 0.25) is 0 Å². The molecule has 6 heteroatoms. The molecule has 1 aromatic heterocycles. The van der Waals surface area contributed by atoms with Crippen LogP contribution < -0.4 is 0 Å². The Balaban J connectivity index is 2.34. The van der Waals surface area contributed by atoms with Gasteiger partial charge in [0, 0.05) is 12.6 Å². The monoisotopic (exact) mass is 235 g/mol. The average Bonchev–Trinajstić information content (AvgIpc) is 2.60. The van der Waals surface area contributed by atoms with E-state index in [1.807, 2.05) is 0 Å². The topological polar surface area (TPSA) is 68.0 Å². The molecule has 0 aliphatic carbocycles. The van der Waals surface area contributed by atoms with Crippen LogP contribution in [-0.2, 0) is 18.3 Å². The minimum absolute atomic E-state index is 0.190. The molecule has 88 valence electrons. The van der Waals surface area contributed by atoms with E-state index < -0.39 is 5.97 Å². The molecule has 5 nitrogen and oxygen atoms in total. The molecule has 17 heavy (non-hydrogen) atoms. The lowest BCUT2D eigenvalue weighted by atomic mass is 10.2. The molecule has 2 aromatic rings. The summed E-state index contributed by atoms with van der Waals surface area (Å²) in [7, 11) is 1.62. The van der Waals surface area contributed by atoms with Crippen molar-refractivity contribution in [3.05, 3.63) is 35.9 Å². The fraction of sp³-hybridized carbons (Fsp3) is 0.182. The SMILES string of the molecule is Cn1nc(-c2ccc(F)cc2)nc1CC(=O)O. The van der Waals surface area contributed by atoms with Crippen molar-refractivity contribution in [2.24, 2.45) is 7.05 Å². The van der Waals surface area contributed by atoms with Crippen LogP contribution in [0, 0.1) is 5.82 Å². The highest BCUT2D eigenvalue weighted by atomic mass is 19.1. The van der Waals surface area contributed by atoms with Crippen molar-refractivity contribution in [3.8, 4) is 11.4 Å². The first-order valence-corrected chi connectivity index (χ1v) is 4.94. The van der Waals surface area contributed by atoms with Gasteiger partial charge in [-0.1, -0.05) is 0 Å². The maximum atomic E-state index is 12.7. The zero-order valence-corrected chi connectivity index (χ0v) is 9.09. The second-order valence-electron chi connectivity index (χ2n) is 3.55. The van der Waals surface area contributed by atoms with E-state index in [4.69, 9.17) is 5.11 Å². The van der Waals surface area contributed by atoms with Crippen LogP contribution >= 0.6 is 0 Å². The lowest BCUT2D eigenvalue weighted by Gasteiger charge is -1.93. The first-order valence-electron chi connectivity index (χ1n) is 4.94. The number of aromatic nitrogens is 3. The van der Waals surface area contributed by atoms with Gasteiger partial charge in [0.15, 0.2) is 5.82 Å². The number of aliphatic carboxylic acids is 1. The molecule has 0 fully saturated rings. The van der Waals surface area contributed by atoms with Crippen molar-refractivity contribution in [3.63, 3.8) is 0 Å². The standard InChI is InChI=1S/C11H10FN3O2/c1-15-9(6-10(16)17)13-11(14-15)7-2-4-8(12)5-3-7/h2-5H,6H2,1H3,(H,16,17). The van der Waals surface area contributed by atoms with Crippen LogP contribution in [0.1, 0.15) is 5.82 Å². The van der Waals surface area contributed by atoms with Crippen molar-refractivity contribution in [1.82, 2.24) is 14.8 Å². The van der Waals surface area contributed by atoms with Gasteiger partial charge in [0.25, 0.3) is 0 Å². The summed E-state index contributed by atoms with van der Waals surface area (Å²) in [6.07, 6.45) is -0.190. The smallest absolute Gasteiger partial charge is 0.311 e. The van der Waals surface area contributed by atoms with Gasteiger partial charge in [-0.3, -0.25) is 9.48 Å². The van der Waals surface area contributed by atoms with Crippen LogP contribution in [0.5, 0.6) is 0 Å². The van der Waals surface area contributed by atoms with Gasteiger partial charge in [0.2, 0.25) is 0 Å². The summed E-state index contributed by atoms with van der Waals surface area (Å²) in [5.41, 5.74) is 0.652. The van der Waals surface area contributed by atoms with Gasteiger partial charge < -0.3 is 5.11 Å². The minimum Gasteiger partial charge on any atom is -0.481 e. The zero-order valence-electron chi connectivity index (χ0n) is 9.09. The third kappa shape index (κ3) is 2.47. The minimum atomic E-state index is -0.967. The number of rotatable bonds is 3. The normalized spacial score (nSPS) is 10.5. The Hall–Kier alpha value is -2.24. The lowest BCUT2D eigenvalue weighted by molar-refractivity contribution is -0.136. The number of nitrogens with zero attached hydrogens (tertiary/aromatic N) is 3. The van der Waals surface area contributed by atoms with E-state index in [0.717, 1.165) is 0 Å². The van der Waals surface area contributed by atoms with Crippen molar-refractivity contribution in [2.45, 2.75) is 6.42 Å². The zero-order chi connectivity index (χ0) is 12.4. The fourth-order valence-electron chi connectivity index (χ4n) is 1.43. The molecule has 0 aliphatic heterocycles. The van der Waals surface area contributed by atoms with E-state index in [1.165, 1.54) is 16.8 Å². The molecule has 1 aromatic carbocycles. The quantitative estimate of drug-likeness (QED) is 0.869. The van der Waals surface area contributed by atoms with E-state index in [9.17, 15) is 9.18 Å². The Bertz CT molecular complexity index is 548. The second kappa shape index (κ2) is 4.32. The fourth-order valence-corrected chi connectivity index (χ4v) is 1.43. The van der Waals surface area contributed by atoms with E-state index in [2.05, 4.69) is 10.1 Å². The molecule has 0 saturated heterocycles. The number of hydrogen-bond acceptors (Lipinski definition) is 3. The van der Waals surface area contributed by atoms with Gasteiger partial charge in [-0.2, -0.15) is 5.10 Å². The summed E-state index contributed by atoms with van der Waals surface area (Å²) < 4.78 is 14.1. The van der Waals surface area contributed by atoms with Crippen molar-refractivity contribution in [2.75, 3.05) is 0 Å². The summed E-state index contributed by atoms with van der Waals surface area (Å²) >= 11 is 0. The highest BCUT2D eigenvalue weighted by molar-refractivity contribution is 5.69. The number of benzene rings is 1. The number of hydrogen-bond donors (Lipinski definition) is 1. The van der Waals surface area contributed by atoms with E-state index in [0.29, 0.717) is 17.2 Å². The first kappa shape index (κ1) is 11.3. The largest absolute Gasteiger partial charge is 0.481 e. The van der Waals surface area contributed by atoms with Crippen LogP contribution in [-0.4, -0.2) is 25.8 Å². The molecular formula is C11H10FN3O2. The van der Waals surface area contributed by atoms with Crippen LogP contribution in [0.15, 0.2) is 24.3 Å². The molecule has 0 bridgehead atoms. The molecule has 0 unspecified atom stereocenters. The van der Waals surface area contributed by atoms with Gasteiger partial charge in [-0.05, 0) is 24.3 Å². The molecule has 0 radical (unpaired) electrons. The Kier molecular flexibility index (Phi) is 2.86. The maximum absolute atomic E-state index is 12.7. The molecule has 2 rings (SSSR count). The van der Waals surface area contributed by atoms with E-state index in [-0.39, 0.29) is 12.2 Å². The first-order chi connectivity index (χ1) is 8.06. The number of carbonyl (C=O) groups is 1. The van der Waals surface area contributed by atoms with Crippen LogP contribution in [0.4, 0.5) is 4.39 Å². The molecule has 1 N–H and O–H groups in total. The third-order valence-electron chi connectivity index (χ3n) is 2.26. The summed E-state index contributed by atoms with van der Waals surface area (Å²) in [5.74, 6) is -0.554. The Morgan fingerprint density at radius 2 is 2.06 bits per heavy atom. The summed E-state index contributed by atoms with van der Waals surface area (Å²) in [6, 6.07) is 5.72. The average molecular weight is 235 g/mol. The number of carboxylic acids is 1. The molecule has 0 aliphatic rings. The highest BCUT2D eigenvalue weighted by Gasteiger charge is 2.11. The predicted octanol–water partition coefficient (Wildman–Crippen LogP) is 1.25. The molecular weight excluding hydrogens is 225 g/mol. The van der Waals surface area contributed by atoms with Gasteiger partial charge in [0.1, 0.15) is 18.1 Å². The molecule has 0 amide bonds. The molecule has 0 saturated carbocycles.